The molecule has 0 spiro atoms. The lowest BCUT2D eigenvalue weighted by atomic mass is 10.2. The molecule has 1 aromatic heterocycles. The van der Waals surface area contributed by atoms with Crippen molar-refractivity contribution in [2.24, 2.45) is 0 Å². The summed E-state index contributed by atoms with van der Waals surface area (Å²) in [6, 6.07) is 3.80. The molecule has 0 bridgehead atoms. The van der Waals surface area contributed by atoms with Crippen molar-refractivity contribution in [2.45, 2.75) is 6.54 Å². The van der Waals surface area contributed by atoms with E-state index in [2.05, 4.69) is 15.6 Å². The first kappa shape index (κ1) is 14.3. The van der Waals surface area contributed by atoms with E-state index in [1.54, 1.807) is 6.20 Å². The van der Waals surface area contributed by atoms with Gasteiger partial charge in [-0.2, -0.15) is 0 Å². The first-order chi connectivity index (χ1) is 9.56. The van der Waals surface area contributed by atoms with Crippen LogP contribution >= 0.6 is 22.9 Å². The highest BCUT2D eigenvalue weighted by Crippen LogP contribution is 2.20. The first-order valence-corrected chi connectivity index (χ1v) is 6.78. The van der Waals surface area contributed by atoms with Crippen LogP contribution in [0.1, 0.15) is 15.4 Å². The molecule has 3 N–H and O–H groups in total. The average molecular weight is 312 g/mol. The number of hydrogen-bond acceptors (Lipinski definition) is 4. The van der Waals surface area contributed by atoms with Gasteiger partial charge in [-0.25, -0.2) is 14.6 Å². The molecule has 0 aliphatic rings. The van der Waals surface area contributed by atoms with Gasteiger partial charge in [-0.15, -0.1) is 11.3 Å². The van der Waals surface area contributed by atoms with Crippen LogP contribution in [0.15, 0.2) is 29.8 Å². The number of hydrogen-bond donors (Lipinski definition) is 3. The van der Waals surface area contributed by atoms with Gasteiger partial charge in [0.05, 0.1) is 17.1 Å². The number of benzene rings is 1. The molecule has 8 heteroatoms. The van der Waals surface area contributed by atoms with Crippen molar-refractivity contribution >= 4 is 40.6 Å². The van der Waals surface area contributed by atoms with Crippen molar-refractivity contribution in [3.63, 3.8) is 0 Å². The molecule has 0 atom stereocenters. The Balaban J connectivity index is 1.97. The molecule has 0 unspecified atom stereocenters. The van der Waals surface area contributed by atoms with E-state index in [0.29, 0.717) is 12.2 Å². The van der Waals surface area contributed by atoms with Gasteiger partial charge in [0.1, 0.15) is 5.01 Å². The van der Waals surface area contributed by atoms with Gasteiger partial charge in [0.25, 0.3) is 0 Å². The number of nitrogens with zero attached hydrogens (tertiary/aromatic N) is 1. The SMILES string of the molecule is O=C(NCc1nccs1)Nc1ccc(Cl)c(C(=O)O)c1. The molecular weight excluding hydrogens is 302 g/mol. The summed E-state index contributed by atoms with van der Waals surface area (Å²) in [5, 5.41) is 16.8. The van der Waals surface area contributed by atoms with E-state index in [4.69, 9.17) is 16.7 Å². The molecular formula is C12H10ClN3O3S. The van der Waals surface area contributed by atoms with Crippen molar-refractivity contribution in [1.82, 2.24) is 10.3 Å². The highest BCUT2D eigenvalue weighted by atomic mass is 35.5. The van der Waals surface area contributed by atoms with E-state index in [9.17, 15) is 9.59 Å². The second-order valence-corrected chi connectivity index (χ2v) is 5.12. The Morgan fingerprint density at radius 1 is 1.40 bits per heavy atom. The summed E-state index contributed by atoms with van der Waals surface area (Å²) in [6.07, 6.45) is 1.65. The number of aromatic nitrogens is 1. The number of aromatic carboxylic acids is 1. The molecule has 0 saturated heterocycles. The summed E-state index contributed by atoms with van der Waals surface area (Å²) in [5.41, 5.74) is 0.285. The number of carboxylic acid groups (broad SMARTS) is 1. The predicted molar refractivity (Wildman–Crippen MR) is 76.4 cm³/mol. The van der Waals surface area contributed by atoms with Gasteiger partial charge in [0.2, 0.25) is 0 Å². The van der Waals surface area contributed by atoms with E-state index in [1.807, 2.05) is 5.38 Å². The summed E-state index contributed by atoms with van der Waals surface area (Å²) in [5.74, 6) is -1.15. The van der Waals surface area contributed by atoms with Crippen LogP contribution in [0.5, 0.6) is 0 Å². The summed E-state index contributed by atoms with van der Waals surface area (Å²) in [7, 11) is 0. The smallest absolute Gasteiger partial charge is 0.337 e. The number of thiazole rings is 1. The number of halogens is 1. The summed E-state index contributed by atoms with van der Waals surface area (Å²) < 4.78 is 0. The van der Waals surface area contributed by atoms with Crippen molar-refractivity contribution < 1.29 is 14.7 Å². The van der Waals surface area contributed by atoms with Crippen LogP contribution < -0.4 is 10.6 Å². The van der Waals surface area contributed by atoms with Crippen molar-refractivity contribution in [3.05, 3.63) is 45.4 Å². The average Bonchev–Trinajstić information content (AvgIpc) is 2.91. The van der Waals surface area contributed by atoms with Gasteiger partial charge in [-0.05, 0) is 18.2 Å². The molecule has 2 amide bonds. The molecule has 0 saturated carbocycles. The van der Waals surface area contributed by atoms with Crippen molar-refractivity contribution in [1.29, 1.82) is 0 Å². The quantitative estimate of drug-likeness (QED) is 0.809. The number of carbonyl (C=O) groups excluding carboxylic acids is 1. The van der Waals surface area contributed by atoms with Gasteiger partial charge < -0.3 is 15.7 Å². The minimum atomic E-state index is -1.15. The minimum Gasteiger partial charge on any atom is -0.478 e. The lowest BCUT2D eigenvalue weighted by Crippen LogP contribution is -2.28. The van der Waals surface area contributed by atoms with E-state index < -0.39 is 12.0 Å². The van der Waals surface area contributed by atoms with Crippen LogP contribution in [0.4, 0.5) is 10.5 Å². The highest BCUT2D eigenvalue weighted by molar-refractivity contribution is 7.09. The molecule has 0 radical (unpaired) electrons. The van der Waals surface area contributed by atoms with E-state index in [0.717, 1.165) is 5.01 Å². The second-order valence-electron chi connectivity index (χ2n) is 3.73. The van der Waals surface area contributed by atoms with Crippen LogP contribution in [0, 0.1) is 0 Å². The molecule has 1 aromatic carbocycles. The van der Waals surface area contributed by atoms with Crippen LogP contribution in [-0.4, -0.2) is 22.1 Å². The lowest BCUT2D eigenvalue weighted by Gasteiger charge is -2.08. The van der Waals surface area contributed by atoms with E-state index in [1.165, 1.54) is 29.5 Å². The van der Waals surface area contributed by atoms with E-state index >= 15 is 0 Å². The van der Waals surface area contributed by atoms with Gasteiger partial charge in [-0.1, -0.05) is 11.6 Å². The third-order valence-corrected chi connectivity index (χ3v) is 3.45. The Kier molecular flexibility index (Phi) is 4.54. The number of amides is 2. The molecule has 1 heterocycles. The Bertz CT molecular complexity index is 631. The Hall–Kier alpha value is -2.12. The van der Waals surface area contributed by atoms with Crippen LogP contribution in [0.2, 0.25) is 5.02 Å². The van der Waals surface area contributed by atoms with Gasteiger partial charge >= 0.3 is 12.0 Å². The number of anilines is 1. The third kappa shape index (κ3) is 3.69. The van der Waals surface area contributed by atoms with Crippen molar-refractivity contribution in [2.75, 3.05) is 5.32 Å². The zero-order valence-corrected chi connectivity index (χ0v) is 11.7. The zero-order chi connectivity index (χ0) is 14.5. The van der Waals surface area contributed by atoms with Crippen molar-refractivity contribution in [3.8, 4) is 0 Å². The molecule has 0 aliphatic carbocycles. The number of nitrogens with one attached hydrogen (secondary N) is 2. The molecule has 0 aliphatic heterocycles. The Labute approximate surface area is 123 Å². The number of urea groups is 1. The molecule has 20 heavy (non-hydrogen) atoms. The fourth-order valence-electron chi connectivity index (χ4n) is 1.44. The van der Waals surface area contributed by atoms with Gasteiger partial charge in [-0.3, -0.25) is 0 Å². The predicted octanol–water partition coefficient (Wildman–Crippen LogP) is 2.82. The second kappa shape index (κ2) is 6.36. The largest absolute Gasteiger partial charge is 0.478 e. The highest BCUT2D eigenvalue weighted by Gasteiger charge is 2.10. The summed E-state index contributed by atoms with van der Waals surface area (Å²) in [4.78, 5) is 26.6. The van der Waals surface area contributed by atoms with Gasteiger partial charge in [0, 0.05) is 17.3 Å². The molecule has 2 aromatic rings. The maximum Gasteiger partial charge on any atom is 0.337 e. The molecule has 6 nitrogen and oxygen atoms in total. The standard InChI is InChI=1S/C12H10ClN3O3S/c13-9-2-1-7(5-8(9)11(17)18)16-12(19)15-6-10-14-3-4-20-10/h1-5H,6H2,(H,17,18)(H2,15,16,19). The number of rotatable bonds is 4. The normalized spacial score (nSPS) is 10.1. The minimum absolute atomic E-state index is 0.0654. The first-order valence-electron chi connectivity index (χ1n) is 5.52. The fraction of sp³-hybridized carbons (Fsp3) is 0.0833. The van der Waals surface area contributed by atoms with Crippen LogP contribution in [0.25, 0.3) is 0 Å². The maximum atomic E-state index is 11.6. The monoisotopic (exact) mass is 311 g/mol. The summed E-state index contributed by atoms with van der Waals surface area (Å²) >= 11 is 7.17. The molecule has 2 rings (SSSR count). The number of carboxylic acids is 1. The fourth-order valence-corrected chi connectivity index (χ4v) is 2.19. The zero-order valence-electron chi connectivity index (χ0n) is 10.1. The molecule has 104 valence electrons. The Morgan fingerprint density at radius 2 is 2.20 bits per heavy atom. The van der Waals surface area contributed by atoms with Crippen LogP contribution in [-0.2, 0) is 6.54 Å². The van der Waals surface area contributed by atoms with Crippen LogP contribution in [0.3, 0.4) is 0 Å². The lowest BCUT2D eigenvalue weighted by molar-refractivity contribution is 0.0697. The van der Waals surface area contributed by atoms with E-state index in [-0.39, 0.29) is 10.6 Å². The Morgan fingerprint density at radius 3 is 2.85 bits per heavy atom. The van der Waals surface area contributed by atoms with Gasteiger partial charge in [0.15, 0.2) is 0 Å². The number of carbonyl (C=O) groups is 2. The maximum absolute atomic E-state index is 11.6. The molecule has 0 fully saturated rings. The summed E-state index contributed by atoms with van der Waals surface area (Å²) in [6.45, 7) is 0.308. The third-order valence-electron chi connectivity index (χ3n) is 2.34. The topological polar surface area (TPSA) is 91.3 Å².